The average molecular weight is 392 g/mol. The van der Waals surface area contributed by atoms with E-state index in [1.165, 1.54) is 27.7 Å². The van der Waals surface area contributed by atoms with Crippen molar-refractivity contribution < 1.29 is 9.18 Å². The molecule has 0 radical (unpaired) electrons. The number of hydrogen-bond acceptors (Lipinski definition) is 5. The summed E-state index contributed by atoms with van der Waals surface area (Å²) in [4.78, 5) is 29.0. The van der Waals surface area contributed by atoms with E-state index in [2.05, 4.69) is 20.6 Å². The standard InChI is InChI=1S/C20H17FN6O2/c21-16-8-6-15(7-9-16)11-27-19-18(24-25-27)20(29)26(13-23-19)12-17(28)22-10-14-4-2-1-3-5-14/h1-9,13H,10-12H2,(H,22,28). The van der Waals surface area contributed by atoms with Gasteiger partial charge >= 0.3 is 0 Å². The summed E-state index contributed by atoms with van der Waals surface area (Å²) in [5.41, 5.74) is 1.69. The number of benzene rings is 2. The normalized spacial score (nSPS) is 10.9. The van der Waals surface area contributed by atoms with Crippen LogP contribution in [0.4, 0.5) is 4.39 Å². The fourth-order valence-corrected chi connectivity index (χ4v) is 2.88. The molecule has 0 spiro atoms. The largest absolute Gasteiger partial charge is 0.350 e. The first-order chi connectivity index (χ1) is 14.1. The van der Waals surface area contributed by atoms with Crippen molar-refractivity contribution in [1.29, 1.82) is 0 Å². The Kier molecular flexibility index (Phi) is 5.10. The van der Waals surface area contributed by atoms with Crippen LogP contribution in [0.15, 0.2) is 65.7 Å². The van der Waals surface area contributed by atoms with Gasteiger partial charge in [-0.05, 0) is 23.3 Å². The number of aromatic nitrogens is 5. The highest BCUT2D eigenvalue weighted by Gasteiger charge is 2.14. The second-order valence-corrected chi connectivity index (χ2v) is 6.49. The minimum Gasteiger partial charge on any atom is -0.350 e. The topological polar surface area (TPSA) is 94.7 Å². The molecule has 0 atom stereocenters. The van der Waals surface area contributed by atoms with E-state index in [0.717, 1.165) is 11.1 Å². The summed E-state index contributed by atoms with van der Waals surface area (Å²) in [6.07, 6.45) is 1.30. The zero-order chi connectivity index (χ0) is 20.2. The molecule has 9 heteroatoms. The smallest absolute Gasteiger partial charge is 0.283 e. The van der Waals surface area contributed by atoms with Gasteiger partial charge in [-0.1, -0.05) is 47.7 Å². The van der Waals surface area contributed by atoms with E-state index in [0.29, 0.717) is 18.7 Å². The van der Waals surface area contributed by atoms with E-state index in [1.807, 2.05) is 30.3 Å². The Labute approximate surface area is 164 Å². The summed E-state index contributed by atoms with van der Waals surface area (Å²) >= 11 is 0. The number of rotatable bonds is 6. The first-order valence-corrected chi connectivity index (χ1v) is 8.94. The van der Waals surface area contributed by atoms with E-state index in [1.54, 1.807) is 12.1 Å². The van der Waals surface area contributed by atoms with Crippen molar-refractivity contribution in [3.63, 3.8) is 0 Å². The minimum absolute atomic E-state index is 0.0745. The molecular weight excluding hydrogens is 375 g/mol. The number of hydrogen-bond donors (Lipinski definition) is 1. The van der Waals surface area contributed by atoms with Gasteiger partial charge in [-0.15, -0.1) is 5.10 Å². The highest BCUT2D eigenvalue weighted by atomic mass is 19.1. The molecule has 2 aromatic carbocycles. The van der Waals surface area contributed by atoms with E-state index in [-0.39, 0.29) is 23.8 Å². The Bertz CT molecular complexity index is 1200. The second kappa shape index (κ2) is 8.01. The molecule has 2 heterocycles. The summed E-state index contributed by atoms with van der Waals surface area (Å²) in [6, 6.07) is 15.4. The molecule has 146 valence electrons. The third-order valence-electron chi connectivity index (χ3n) is 4.38. The van der Waals surface area contributed by atoms with Crippen LogP contribution >= 0.6 is 0 Å². The van der Waals surface area contributed by atoms with Crippen LogP contribution in [0.3, 0.4) is 0 Å². The molecule has 0 bridgehead atoms. The van der Waals surface area contributed by atoms with Gasteiger partial charge in [-0.25, -0.2) is 14.1 Å². The van der Waals surface area contributed by atoms with Gasteiger partial charge in [0.05, 0.1) is 6.54 Å². The number of amides is 1. The molecule has 0 aliphatic carbocycles. The van der Waals surface area contributed by atoms with Crippen molar-refractivity contribution in [2.75, 3.05) is 0 Å². The second-order valence-electron chi connectivity index (χ2n) is 6.49. The molecule has 1 N–H and O–H groups in total. The van der Waals surface area contributed by atoms with Gasteiger partial charge in [0.2, 0.25) is 5.91 Å². The van der Waals surface area contributed by atoms with Crippen LogP contribution in [-0.2, 0) is 24.4 Å². The number of halogens is 1. The molecule has 0 saturated carbocycles. The van der Waals surface area contributed by atoms with Crippen molar-refractivity contribution in [1.82, 2.24) is 29.9 Å². The van der Waals surface area contributed by atoms with Crippen LogP contribution in [0.2, 0.25) is 0 Å². The number of fused-ring (bicyclic) bond motifs is 1. The van der Waals surface area contributed by atoms with Crippen molar-refractivity contribution in [2.45, 2.75) is 19.6 Å². The Hall–Kier alpha value is -3.88. The van der Waals surface area contributed by atoms with E-state index < -0.39 is 5.56 Å². The summed E-state index contributed by atoms with van der Waals surface area (Å²) in [7, 11) is 0. The summed E-state index contributed by atoms with van der Waals surface area (Å²) in [6.45, 7) is 0.502. The van der Waals surface area contributed by atoms with Gasteiger partial charge in [0, 0.05) is 6.54 Å². The Morgan fingerprint density at radius 1 is 1.03 bits per heavy atom. The molecule has 0 unspecified atom stereocenters. The highest BCUT2D eigenvalue weighted by molar-refractivity contribution is 5.76. The maximum Gasteiger partial charge on any atom is 0.283 e. The van der Waals surface area contributed by atoms with Crippen LogP contribution in [0.5, 0.6) is 0 Å². The third kappa shape index (κ3) is 4.18. The molecule has 8 nitrogen and oxygen atoms in total. The van der Waals surface area contributed by atoms with Gasteiger partial charge in [-0.3, -0.25) is 14.2 Å². The number of nitrogens with one attached hydrogen (secondary N) is 1. The molecule has 0 saturated heterocycles. The zero-order valence-electron chi connectivity index (χ0n) is 15.3. The molecular formula is C20H17FN6O2. The molecule has 4 rings (SSSR count). The predicted octanol–water partition coefficient (Wildman–Crippen LogP) is 1.49. The molecule has 29 heavy (non-hydrogen) atoms. The Morgan fingerprint density at radius 3 is 2.55 bits per heavy atom. The number of nitrogens with zero attached hydrogens (tertiary/aromatic N) is 5. The lowest BCUT2D eigenvalue weighted by Gasteiger charge is -2.07. The maximum atomic E-state index is 13.0. The van der Waals surface area contributed by atoms with Gasteiger partial charge in [0.1, 0.15) is 18.7 Å². The monoisotopic (exact) mass is 392 g/mol. The van der Waals surface area contributed by atoms with Gasteiger partial charge in [-0.2, -0.15) is 0 Å². The Balaban J connectivity index is 1.48. The lowest BCUT2D eigenvalue weighted by Crippen LogP contribution is -2.32. The van der Waals surface area contributed by atoms with E-state index in [4.69, 9.17) is 0 Å². The average Bonchev–Trinajstić information content (AvgIpc) is 3.14. The summed E-state index contributed by atoms with van der Waals surface area (Å²) in [5.74, 6) is -0.639. The molecule has 0 aliphatic heterocycles. The molecule has 0 fully saturated rings. The van der Waals surface area contributed by atoms with E-state index in [9.17, 15) is 14.0 Å². The molecule has 4 aromatic rings. The van der Waals surface area contributed by atoms with E-state index >= 15 is 0 Å². The van der Waals surface area contributed by atoms with Crippen LogP contribution < -0.4 is 10.9 Å². The number of carbonyl (C=O) groups is 1. The van der Waals surface area contributed by atoms with Gasteiger partial charge in [0.25, 0.3) is 5.56 Å². The van der Waals surface area contributed by atoms with Crippen molar-refractivity contribution in [2.24, 2.45) is 0 Å². The quantitative estimate of drug-likeness (QED) is 0.537. The third-order valence-corrected chi connectivity index (χ3v) is 4.38. The molecule has 2 aromatic heterocycles. The van der Waals surface area contributed by atoms with Crippen LogP contribution in [0.1, 0.15) is 11.1 Å². The van der Waals surface area contributed by atoms with Crippen molar-refractivity contribution >= 4 is 17.1 Å². The summed E-state index contributed by atoms with van der Waals surface area (Å²) < 4.78 is 15.7. The SMILES string of the molecule is O=C(Cn1cnc2c(nnn2Cc2ccc(F)cc2)c1=O)NCc1ccccc1. The number of carbonyl (C=O) groups excluding carboxylic acids is 1. The van der Waals surface area contributed by atoms with Crippen LogP contribution in [-0.4, -0.2) is 30.5 Å². The molecule has 1 amide bonds. The first-order valence-electron chi connectivity index (χ1n) is 8.94. The van der Waals surface area contributed by atoms with Crippen molar-refractivity contribution in [3.8, 4) is 0 Å². The fourth-order valence-electron chi connectivity index (χ4n) is 2.88. The van der Waals surface area contributed by atoms with Gasteiger partial charge < -0.3 is 5.32 Å². The predicted molar refractivity (Wildman–Crippen MR) is 103 cm³/mol. The lowest BCUT2D eigenvalue weighted by molar-refractivity contribution is -0.121. The minimum atomic E-state index is -0.449. The van der Waals surface area contributed by atoms with Crippen molar-refractivity contribution in [3.05, 3.63) is 88.2 Å². The van der Waals surface area contributed by atoms with Crippen LogP contribution in [0, 0.1) is 5.82 Å². The first kappa shape index (κ1) is 18.5. The maximum absolute atomic E-state index is 13.0. The van der Waals surface area contributed by atoms with Crippen LogP contribution in [0.25, 0.3) is 11.2 Å². The Morgan fingerprint density at radius 2 is 1.79 bits per heavy atom. The lowest BCUT2D eigenvalue weighted by atomic mass is 10.2. The van der Waals surface area contributed by atoms with Gasteiger partial charge in [0.15, 0.2) is 11.2 Å². The zero-order valence-corrected chi connectivity index (χ0v) is 15.3. The fraction of sp³-hybridized carbons (Fsp3) is 0.150. The highest BCUT2D eigenvalue weighted by Crippen LogP contribution is 2.08. The summed E-state index contributed by atoms with van der Waals surface area (Å²) in [5, 5.41) is 10.6. The molecule has 0 aliphatic rings.